The number of ether oxygens (including phenoxy) is 1. The number of benzene rings is 1. The molecule has 92 valence electrons. The predicted octanol–water partition coefficient (Wildman–Crippen LogP) is 1.87. The Bertz CT molecular complexity index is 445. The van der Waals surface area contributed by atoms with E-state index < -0.39 is 41.7 Å². The van der Waals surface area contributed by atoms with Gasteiger partial charge < -0.3 is 9.84 Å². The minimum atomic E-state index is -3.18. The van der Waals surface area contributed by atoms with Crippen LogP contribution in [0.1, 0.15) is 15.9 Å². The second-order valence-corrected chi connectivity index (χ2v) is 3.00. The molecular weight excluding hydrogens is 241 g/mol. The van der Waals surface area contributed by atoms with E-state index in [-0.39, 0.29) is 6.29 Å². The molecule has 0 aromatic heterocycles. The van der Waals surface area contributed by atoms with E-state index in [1.165, 1.54) is 0 Å². The molecule has 0 aliphatic rings. The first kappa shape index (κ1) is 13.0. The van der Waals surface area contributed by atoms with Crippen LogP contribution in [0.4, 0.5) is 13.2 Å². The standard InChI is InChI=1S/C10H7F3O4/c11-7-1-2-8(17-10(12)13)6(4-14)5(7)3-9(15)16/h1-2,4,10H,3H2,(H,15,16). The maximum absolute atomic E-state index is 13.2. The normalized spacial score (nSPS) is 10.4. The largest absolute Gasteiger partial charge is 0.481 e. The van der Waals surface area contributed by atoms with Crippen LogP contribution < -0.4 is 4.74 Å². The topological polar surface area (TPSA) is 63.6 Å². The van der Waals surface area contributed by atoms with Gasteiger partial charge in [-0.25, -0.2) is 4.39 Å². The van der Waals surface area contributed by atoms with Gasteiger partial charge in [0.05, 0.1) is 12.0 Å². The highest BCUT2D eigenvalue weighted by Crippen LogP contribution is 2.25. The second-order valence-electron chi connectivity index (χ2n) is 3.00. The van der Waals surface area contributed by atoms with Crippen LogP contribution in [0.15, 0.2) is 12.1 Å². The number of aldehydes is 1. The summed E-state index contributed by atoms with van der Waals surface area (Å²) in [4.78, 5) is 21.1. The molecule has 1 rings (SSSR count). The molecule has 7 heteroatoms. The Morgan fingerprint density at radius 2 is 2.12 bits per heavy atom. The Morgan fingerprint density at radius 3 is 2.59 bits per heavy atom. The maximum atomic E-state index is 13.2. The molecule has 17 heavy (non-hydrogen) atoms. The summed E-state index contributed by atoms with van der Waals surface area (Å²) >= 11 is 0. The molecule has 0 bridgehead atoms. The highest BCUT2D eigenvalue weighted by Gasteiger charge is 2.18. The summed E-state index contributed by atoms with van der Waals surface area (Å²) in [6, 6.07) is 1.61. The van der Waals surface area contributed by atoms with Crippen LogP contribution in [0.25, 0.3) is 0 Å². The van der Waals surface area contributed by atoms with Crippen molar-refractivity contribution in [2.75, 3.05) is 0 Å². The van der Waals surface area contributed by atoms with E-state index in [1.807, 2.05) is 0 Å². The lowest BCUT2D eigenvalue weighted by Crippen LogP contribution is -2.10. The second kappa shape index (κ2) is 5.33. The first-order valence-corrected chi connectivity index (χ1v) is 4.39. The van der Waals surface area contributed by atoms with Gasteiger partial charge >= 0.3 is 12.6 Å². The molecule has 0 spiro atoms. The van der Waals surface area contributed by atoms with E-state index in [0.29, 0.717) is 0 Å². The number of rotatable bonds is 5. The van der Waals surface area contributed by atoms with Gasteiger partial charge in [-0.2, -0.15) is 8.78 Å². The fraction of sp³-hybridized carbons (Fsp3) is 0.200. The smallest absolute Gasteiger partial charge is 0.387 e. The number of halogens is 3. The zero-order chi connectivity index (χ0) is 13.0. The molecule has 0 atom stereocenters. The summed E-state index contributed by atoms with van der Waals surface area (Å²) in [5.41, 5.74) is -1.00. The number of carboxylic acid groups (broad SMARTS) is 1. The van der Waals surface area contributed by atoms with Gasteiger partial charge in [0.1, 0.15) is 11.6 Å². The number of carbonyl (C=O) groups is 2. The van der Waals surface area contributed by atoms with Gasteiger partial charge in [0, 0.05) is 5.56 Å². The minimum Gasteiger partial charge on any atom is -0.481 e. The summed E-state index contributed by atoms with van der Waals surface area (Å²) in [6.07, 6.45) is -0.709. The predicted molar refractivity (Wildman–Crippen MR) is 49.8 cm³/mol. The number of hydrogen-bond donors (Lipinski definition) is 1. The maximum Gasteiger partial charge on any atom is 0.387 e. The molecule has 0 amide bonds. The van der Waals surface area contributed by atoms with Gasteiger partial charge in [-0.15, -0.1) is 0 Å². The van der Waals surface area contributed by atoms with E-state index in [2.05, 4.69) is 4.74 Å². The Labute approximate surface area is 93.6 Å². The van der Waals surface area contributed by atoms with Crippen molar-refractivity contribution in [3.8, 4) is 5.75 Å². The average molecular weight is 248 g/mol. The summed E-state index contributed by atoms with van der Waals surface area (Å²) in [7, 11) is 0. The van der Waals surface area contributed by atoms with Crippen LogP contribution in [-0.4, -0.2) is 24.0 Å². The number of alkyl halides is 2. The van der Waals surface area contributed by atoms with E-state index in [4.69, 9.17) is 5.11 Å². The highest BCUT2D eigenvalue weighted by atomic mass is 19.3. The molecule has 0 heterocycles. The lowest BCUT2D eigenvalue weighted by molar-refractivity contribution is -0.136. The molecule has 0 aliphatic heterocycles. The van der Waals surface area contributed by atoms with Crippen molar-refractivity contribution in [3.05, 3.63) is 29.1 Å². The fourth-order valence-electron chi connectivity index (χ4n) is 1.28. The number of aliphatic carboxylic acids is 1. The quantitative estimate of drug-likeness (QED) is 0.808. The van der Waals surface area contributed by atoms with E-state index in [9.17, 15) is 22.8 Å². The summed E-state index contributed by atoms with van der Waals surface area (Å²) in [5.74, 6) is -2.90. The first-order chi connectivity index (χ1) is 7.95. The molecule has 4 nitrogen and oxygen atoms in total. The Balaban J connectivity index is 3.25. The third-order valence-electron chi connectivity index (χ3n) is 1.92. The lowest BCUT2D eigenvalue weighted by Gasteiger charge is -2.10. The van der Waals surface area contributed by atoms with Crippen molar-refractivity contribution in [2.24, 2.45) is 0 Å². The molecule has 0 fully saturated rings. The number of hydrogen-bond acceptors (Lipinski definition) is 3. The molecule has 0 saturated carbocycles. The van der Waals surface area contributed by atoms with Crippen molar-refractivity contribution in [3.63, 3.8) is 0 Å². The average Bonchev–Trinajstić information content (AvgIpc) is 2.22. The summed E-state index contributed by atoms with van der Waals surface area (Å²) in [6.45, 7) is -3.18. The van der Waals surface area contributed by atoms with Crippen molar-refractivity contribution < 1.29 is 32.6 Å². The zero-order valence-corrected chi connectivity index (χ0v) is 8.32. The van der Waals surface area contributed by atoms with Crippen LogP contribution in [0.5, 0.6) is 5.75 Å². The van der Waals surface area contributed by atoms with Crippen LogP contribution >= 0.6 is 0 Å². The number of carbonyl (C=O) groups excluding carboxylic acids is 1. The minimum absolute atomic E-state index is 0.0824. The van der Waals surface area contributed by atoms with Crippen molar-refractivity contribution in [2.45, 2.75) is 13.0 Å². The molecule has 1 aromatic rings. The van der Waals surface area contributed by atoms with Crippen LogP contribution in [-0.2, 0) is 11.2 Å². The molecule has 0 radical (unpaired) electrons. The molecule has 1 aromatic carbocycles. The van der Waals surface area contributed by atoms with Crippen molar-refractivity contribution in [1.82, 2.24) is 0 Å². The Kier molecular flexibility index (Phi) is 4.08. The van der Waals surface area contributed by atoms with Crippen molar-refractivity contribution in [1.29, 1.82) is 0 Å². The SMILES string of the molecule is O=Cc1c(OC(F)F)ccc(F)c1CC(=O)O. The van der Waals surface area contributed by atoms with Gasteiger partial charge in [-0.1, -0.05) is 0 Å². The first-order valence-electron chi connectivity index (χ1n) is 4.39. The highest BCUT2D eigenvalue weighted by molar-refractivity contribution is 5.84. The monoisotopic (exact) mass is 248 g/mol. The molecule has 1 N–H and O–H groups in total. The Hall–Kier alpha value is -2.05. The summed E-state index contributed by atoms with van der Waals surface area (Å²) in [5, 5.41) is 8.51. The third kappa shape index (κ3) is 3.20. The third-order valence-corrected chi connectivity index (χ3v) is 1.92. The molecule has 0 saturated heterocycles. The van der Waals surface area contributed by atoms with Gasteiger partial charge in [0.15, 0.2) is 6.29 Å². The molecule has 0 unspecified atom stereocenters. The Morgan fingerprint density at radius 1 is 1.47 bits per heavy atom. The van der Waals surface area contributed by atoms with Crippen molar-refractivity contribution >= 4 is 12.3 Å². The number of carboxylic acids is 1. The van der Waals surface area contributed by atoms with E-state index in [1.54, 1.807) is 0 Å². The summed E-state index contributed by atoms with van der Waals surface area (Å²) < 4.78 is 41.2. The van der Waals surface area contributed by atoms with Gasteiger partial charge in [0.25, 0.3) is 0 Å². The molecule has 0 aliphatic carbocycles. The van der Waals surface area contributed by atoms with Gasteiger partial charge in [-0.3, -0.25) is 9.59 Å². The van der Waals surface area contributed by atoms with E-state index >= 15 is 0 Å². The van der Waals surface area contributed by atoms with Crippen LogP contribution in [0.2, 0.25) is 0 Å². The zero-order valence-electron chi connectivity index (χ0n) is 8.32. The van der Waals surface area contributed by atoms with Crippen LogP contribution in [0, 0.1) is 5.82 Å². The fourth-order valence-corrected chi connectivity index (χ4v) is 1.28. The van der Waals surface area contributed by atoms with Gasteiger partial charge in [-0.05, 0) is 12.1 Å². The van der Waals surface area contributed by atoms with E-state index in [0.717, 1.165) is 12.1 Å². The van der Waals surface area contributed by atoms with Gasteiger partial charge in [0.2, 0.25) is 0 Å². The molecular formula is C10H7F3O4. The van der Waals surface area contributed by atoms with Crippen LogP contribution in [0.3, 0.4) is 0 Å². The lowest BCUT2D eigenvalue weighted by atomic mass is 10.0.